The smallest absolute Gasteiger partial charge is 0.165 e. The summed E-state index contributed by atoms with van der Waals surface area (Å²) in [6.45, 7) is 11.4. The van der Waals surface area contributed by atoms with E-state index in [-0.39, 0.29) is 23.7 Å². The first-order valence-corrected chi connectivity index (χ1v) is 11.8. The summed E-state index contributed by atoms with van der Waals surface area (Å²) in [6, 6.07) is 10.5. The molecular formula is C26H32Cl2FN3O. The SMILES string of the molecule is CC(C)=CCN(C)/C(=C1\NOCN(c2cccc(Cl)c2F)C1c1ccc(Cl)cc1C)C(C)C. The number of allylic oxidation sites excluding steroid dienone is 2. The second-order valence-electron chi connectivity index (χ2n) is 8.94. The van der Waals surface area contributed by atoms with Crippen LogP contribution in [0.1, 0.15) is 44.9 Å². The third-order valence-electron chi connectivity index (χ3n) is 5.75. The fourth-order valence-corrected chi connectivity index (χ4v) is 4.62. The van der Waals surface area contributed by atoms with Gasteiger partial charge in [-0.05, 0) is 62.1 Å². The lowest BCUT2D eigenvalue weighted by Crippen LogP contribution is -2.46. The first-order valence-electron chi connectivity index (χ1n) is 11.0. The highest BCUT2D eigenvalue weighted by Gasteiger charge is 2.35. The lowest BCUT2D eigenvalue weighted by atomic mass is 9.92. The second kappa shape index (κ2) is 10.8. The van der Waals surface area contributed by atoms with Gasteiger partial charge in [0.05, 0.1) is 16.4 Å². The largest absolute Gasteiger partial charge is 0.372 e. The molecule has 4 nitrogen and oxygen atoms in total. The van der Waals surface area contributed by atoms with Crippen molar-refractivity contribution in [3.63, 3.8) is 0 Å². The van der Waals surface area contributed by atoms with Gasteiger partial charge in [0, 0.05) is 24.3 Å². The summed E-state index contributed by atoms with van der Waals surface area (Å²) in [4.78, 5) is 9.92. The zero-order valence-corrected chi connectivity index (χ0v) is 21.6. The predicted molar refractivity (Wildman–Crippen MR) is 136 cm³/mol. The van der Waals surface area contributed by atoms with Gasteiger partial charge >= 0.3 is 0 Å². The second-order valence-corrected chi connectivity index (χ2v) is 9.78. The van der Waals surface area contributed by atoms with Gasteiger partial charge in [-0.3, -0.25) is 10.3 Å². The van der Waals surface area contributed by atoms with E-state index >= 15 is 4.39 Å². The van der Waals surface area contributed by atoms with Gasteiger partial charge in [0.15, 0.2) is 5.82 Å². The van der Waals surface area contributed by atoms with Crippen LogP contribution in [0.15, 0.2) is 59.4 Å². The highest BCUT2D eigenvalue weighted by Crippen LogP contribution is 2.41. The highest BCUT2D eigenvalue weighted by molar-refractivity contribution is 6.31. The van der Waals surface area contributed by atoms with Crippen molar-refractivity contribution >= 4 is 28.9 Å². The average Bonchev–Trinajstić information content (AvgIpc) is 2.74. The van der Waals surface area contributed by atoms with Crippen LogP contribution < -0.4 is 10.4 Å². The van der Waals surface area contributed by atoms with E-state index in [0.717, 1.165) is 29.1 Å². The minimum atomic E-state index is -0.468. The van der Waals surface area contributed by atoms with Crippen molar-refractivity contribution in [2.24, 2.45) is 5.92 Å². The fourth-order valence-electron chi connectivity index (χ4n) is 4.23. The number of nitrogens with one attached hydrogen (secondary N) is 1. The standard InChI is InChI=1S/C26H32Cl2FN3O/c1-16(2)12-13-31(6)25(17(3)4)24-26(20-11-10-19(27)14-18(20)5)32(15-33-30-24)22-9-7-8-21(28)23(22)29/h7-12,14,17,26,30H,13,15H2,1-6H3/b25-24-. The molecule has 1 aliphatic rings. The molecule has 0 spiro atoms. The molecule has 3 rings (SSSR count). The van der Waals surface area contributed by atoms with E-state index in [2.05, 4.69) is 51.2 Å². The Labute approximate surface area is 206 Å². The summed E-state index contributed by atoms with van der Waals surface area (Å²) in [7, 11) is 2.06. The van der Waals surface area contributed by atoms with Gasteiger partial charge in [-0.2, -0.15) is 0 Å². The van der Waals surface area contributed by atoms with Crippen LogP contribution in [-0.4, -0.2) is 25.2 Å². The van der Waals surface area contributed by atoms with Crippen molar-refractivity contribution in [2.45, 2.75) is 40.7 Å². The minimum absolute atomic E-state index is 0.0768. The predicted octanol–water partition coefficient (Wildman–Crippen LogP) is 7.25. The van der Waals surface area contributed by atoms with Gasteiger partial charge in [-0.1, -0.05) is 60.8 Å². The number of hydrogen-bond donors (Lipinski definition) is 1. The van der Waals surface area contributed by atoms with E-state index in [1.807, 2.05) is 30.0 Å². The summed E-state index contributed by atoms with van der Waals surface area (Å²) in [5.41, 5.74) is 8.78. The molecule has 7 heteroatoms. The van der Waals surface area contributed by atoms with Gasteiger partial charge in [0.25, 0.3) is 0 Å². The third-order valence-corrected chi connectivity index (χ3v) is 6.27. The quantitative estimate of drug-likeness (QED) is 0.430. The van der Waals surface area contributed by atoms with Crippen molar-refractivity contribution in [2.75, 3.05) is 25.2 Å². The maximum atomic E-state index is 15.2. The Kier molecular flexibility index (Phi) is 8.33. The number of anilines is 1. The van der Waals surface area contributed by atoms with Crippen molar-refractivity contribution in [3.8, 4) is 0 Å². The topological polar surface area (TPSA) is 27.7 Å². The number of aryl methyl sites for hydroxylation is 1. The summed E-state index contributed by atoms with van der Waals surface area (Å²) >= 11 is 12.4. The lowest BCUT2D eigenvalue weighted by molar-refractivity contribution is 0.0280. The number of hydrogen-bond acceptors (Lipinski definition) is 4. The zero-order chi connectivity index (χ0) is 24.3. The van der Waals surface area contributed by atoms with E-state index in [1.165, 1.54) is 5.57 Å². The van der Waals surface area contributed by atoms with Crippen LogP contribution in [0.4, 0.5) is 10.1 Å². The maximum absolute atomic E-state index is 15.2. The number of nitrogens with zero attached hydrogens (tertiary/aromatic N) is 2. The summed E-state index contributed by atoms with van der Waals surface area (Å²) in [5, 5.41) is 0.736. The molecule has 0 saturated carbocycles. The molecule has 33 heavy (non-hydrogen) atoms. The van der Waals surface area contributed by atoms with Crippen molar-refractivity contribution in [3.05, 3.63) is 86.4 Å². The molecule has 0 bridgehead atoms. The zero-order valence-electron chi connectivity index (χ0n) is 20.0. The summed E-state index contributed by atoms with van der Waals surface area (Å²) in [5.74, 6) is -0.282. The molecule has 1 N–H and O–H groups in total. The normalized spacial score (nSPS) is 17.6. The molecule has 1 unspecified atom stereocenters. The Hall–Kier alpha value is -2.21. The van der Waals surface area contributed by atoms with Crippen LogP contribution in [0, 0.1) is 18.7 Å². The van der Waals surface area contributed by atoms with Crippen LogP contribution in [0.3, 0.4) is 0 Å². The Bertz CT molecular complexity index is 1060. The molecule has 2 aromatic rings. The average molecular weight is 492 g/mol. The maximum Gasteiger partial charge on any atom is 0.165 e. The van der Waals surface area contributed by atoms with Gasteiger partial charge < -0.3 is 9.80 Å². The number of likely N-dealkylation sites (N-methyl/N-ethyl adjacent to an activating group) is 1. The van der Waals surface area contributed by atoms with E-state index < -0.39 is 5.82 Å². The third kappa shape index (κ3) is 5.65. The van der Waals surface area contributed by atoms with Gasteiger partial charge in [-0.15, -0.1) is 0 Å². The summed E-state index contributed by atoms with van der Waals surface area (Å²) < 4.78 is 15.2. The molecule has 178 valence electrons. The number of benzene rings is 2. The molecule has 0 aliphatic carbocycles. The Morgan fingerprint density at radius 1 is 1.27 bits per heavy atom. The van der Waals surface area contributed by atoms with Crippen molar-refractivity contribution in [1.82, 2.24) is 10.4 Å². The molecule has 1 heterocycles. The van der Waals surface area contributed by atoms with Crippen molar-refractivity contribution in [1.29, 1.82) is 0 Å². The van der Waals surface area contributed by atoms with Gasteiger partial charge in [0.1, 0.15) is 12.8 Å². The number of hydroxylamine groups is 1. The van der Waals surface area contributed by atoms with Gasteiger partial charge in [0.2, 0.25) is 0 Å². The monoisotopic (exact) mass is 491 g/mol. The Balaban J connectivity index is 2.25. The molecule has 1 saturated heterocycles. The van der Waals surface area contributed by atoms with E-state index in [9.17, 15) is 0 Å². The van der Waals surface area contributed by atoms with Crippen molar-refractivity contribution < 1.29 is 9.23 Å². The molecule has 1 atom stereocenters. The Morgan fingerprint density at radius 2 is 2.00 bits per heavy atom. The Morgan fingerprint density at radius 3 is 2.64 bits per heavy atom. The molecule has 0 radical (unpaired) electrons. The van der Waals surface area contributed by atoms with Crippen LogP contribution in [0.25, 0.3) is 0 Å². The lowest BCUT2D eigenvalue weighted by Gasteiger charge is -2.43. The first-order chi connectivity index (χ1) is 15.6. The highest BCUT2D eigenvalue weighted by atomic mass is 35.5. The molecule has 0 amide bonds. The van der Waals surface area contributed by atoms with E-state index in [0.29, 0.717) is 10.7 Å². The first kappa shape index (κ1) is 25.4. The molecule has 2 aromatic carbocycles. The molecular weight excluding hydrogens is 460 g/mol. The molecule has 0 aromatic heterocycles. The van der Waals surface area contributed by atoms with E-state index in [1.54, 1.807) is 18.2 Å². The molecule has 1 fully saturated rings. The van der Waals surface area contributed by atoms with Crippen LogP contribution in [0.2, 0.25) is 10.0 Å². The number of rotatable bonds is 6. The van der Waals surface area contributed by atoms with E-state index in [4.69, 9.17) is 28.0 Å². The van der Waals surface area contributed by atoms with Gasteiger partial charge in [-0.25, -0.2) is 4.39 Å². The number of halogens is 3. The van der Waals surface area contributed by atoms with Crippen LogP contribution >= 0.6 is 23.2 Å². The van der Waals surface area contributed by atoms with Crippen LogP contribution in [-0.2, 0) is 4.84 Å². The minimum Gasteiger partial charge on any atom is -0.372 e. The summed E-state index contributed by atoms with van der Waals surface area (Å²) in [6.07, 6.45) is 2.18. The fraction of sp³-hybridized carbons (Fsp3) is 0.385. The van der Waals surface area contributed by atoms with Crippen LogP contribution in [0.5, 0.6) is 0 Å². The molecule has 1 aliphatic heterocycles.